The lowest BCUT2D eigenvalue weighted by Gasteiger charge is -2.37. The van der Waals surface area contributed by atoms with E-state index in [9.17, 15) is 31.9 Å². The minimum Gasteiger partial charge on any atom is -0.508 e. The van der Waals surface area contributed by atoms with Crippen LogP contribution >= 0.6 is 0 Å². The maximum absolute atomic E-state index is 14.3. The van der Waals surface area contributed by atoms with Crippen molar-refractivity contribution in [3.63, 3.8) is 0 Å². The number of rotatable bonds is 7. The molecule has 0 aromatic heterocycles. The average molecular weight is 458 g/mol. The molecule has 1 heterocycles. The molecule has 0 unspecified atom stereocenters. The minimum atomic E-state index is -2.29. The molecule has 0 radical (unpaired) electrons. The maximum Gasteiger partial charge on any atom is 0.303 e. The summed E-state index contributed by atoms with van der Waals surface area (Å²) in [5.41, 5.74) is -1.01. The summed E-state index contributed by atoms with van der Waals surface area (Å²) in [6, 6.07) is 5.99. The number of hydrogen-bond acceptors (Lipinski definition) is 4. The highest BCUT2D eigenvalue weighted by atomic mass is 19.2. The van der Waals surface area contributed by atoms with Crippen LogP contribution in [0, 0.1) is 35.0 Å². The van der Waals surface area contributed by atoms with Crippen LogP contribution in [0.15, 0.2) is 36.4 Å². The fourth-order valence-electron chi connectivity index (χ4n) is 3.40. The molecule has 5 nitrogen and oxygen atoms in total. The van der Waals surface area contributed by atoms with Gasteiger partial charge in [-0.1, -0.05) is 30.4 Å². The van der Waals surface area contributed by atoms with Gasteiger partial charge in [0.05, 0.1) is 18.3 Å². The molecule has 3 rings (SSSR count). The third kappa shape index (κ3) is 4.91. The number of para-hydroxylation sites is 1. The third-order valence-corrected chi connectivity index (χ3v) is 5.01. The normalized spacial score (nSPS) is 21.2. The van der Waals surface area contributed by atoms with Crippen molar-refractivity contribution in [1.29, 1.82) is 0 Å². The van der Waals surface area contributed by atoms with E-state index in [4.69, 9.17) is 14.6 Å². The number of carboxylic acids is 1. The van der Waals surface area contributed by atoms with E-state index < -0.39 is 58.9 Å². The van der Waals surface area contributed by atoms with E-state index in [-0.39, 0.29) is 37.2 Å². The topological polar surface area (TPSA) is 76.0 Å². The van der Waals surface area contributed by atoms with Gasteiger partial charge < -0.3 is 19.7 Å². The molecule has 0 amide bonds. The molecule has 2 aromatic rings. The van der Waals surface area contributed by atoms with Crippen LogP contribution in [0.2, 0.25) is 0 Å². The Bertz CT molecular complexity index is 997. The standard InChI is InChI=1S/C22H19F5O5/c23-16-15(17(24)19(26)20(27)18(16)25)22-31-10-11(6-2-1-3-9-14(29)30)21(32-22)12-7-4-5-8-13(12)28/h1-2,4-5,7-8,11,21-22,28H,3,6,9-10H2,(H,29,30)/b2-1-/t11-,21+,22+/m1/s1. The Labute approximate surface area is 179 Å². The van der Waals surface area contributed by atoms with Gasteiger partial charge in [-0.25, -0.2) is 22.0 Å². The summed E-state index contributed by atoms with van der Waals surface area (Å²) in [5, 5.41) is 18.9. The number of benzene rings is 2. The first-order valence-electron chi connectivity index (χ1n) is 9.65. The van der Waals surface area contributed by atoms with Crippen molar-refractivity contribution in [1.82, 2.24) is 0 Å². The van der Waals surface area contributed by atoms with E-state index in [1.54, 1.807) is 24.3 Å². The molecule has 1 fully saturated rings. The number of carboxylic acid groups (broad SMARTS) is 1. The maximum atomic E-state index is 14.3. The summed E-state index contributed by atoms with van der Waals surface area (Å²) >= 11 is 0. The van der Waals surface area contributed by atoms with Crippen LogP contribution in [-0.2, 0) is 14.3 Å². The Morgan fingerprint density at radius 3 is 2.25 bits per heavy atom. The molecule has 2 N–H and O–H groups in total. The number of carbonyl (C=O) groups is 1. The van der Waals surface area contributed by atoms with Gasteiger partial charge in [0.1, 0.15) is 5.75 Å². The average Bonchev–Trinajstić information content (AvgIpc) is 2.77. The van der Waals surface area contributed by atoms with Gasteiger partial charge in [-0.3, -0.25) is 4.79 Å². The quantitative estimate of drug-likeness (QED) is 0.255. The number of hydrogen-bond donors (Lipinski definition) is 2. The second kappa shape index (κ2) is 10.1. The number of phenols is 1. The van der Waals surface area contributed by atoms with Gasteiger partial charge in [-0.15, -0.1) is 0 Å². The summed E-state index contributed by atoms with van der Waals surface area (Å²) in [4.78, 5) is 10.6. The van der Waals surface area contributed by atoms with Gasteiger partial charge in [0, 0.05) is 17.9 Å². The molecule has 0 aliphatic carbocycles. The Morgan fingerprint density at radius 2 is 1.62 bits per heavy atom. The minimum absolute atomic E-state index is 0.0700. The molecule has 2 aromatic carbocycles. The van der Waals surface area contributed by atoms with Crippen molar-refractivity contribution in [3.8, 4) is 5.75 Å². The summed E-state index contributed by atoms with van der Waals surface area (Å²) in [6.45, 7) is -0.188. The molecule has 0 saturated carbocycles. The van der Waals surface area contributed by atoms with Gasteiger partial charge in [0.15, 0.2) is 29.6 Å². The lowest BCUT2D eigenvalue weighted by atomic mass is 9.91. The molecular formula is C22H19F5O5. The van der Waals surface area contributed by atoms with Crippen molar-refractivity contribution in [3.05, 3.63) is 76.6 Å². The molecular weight excluding hydrogens is 439 g/mol. The van der Waals surface area contributed by atoms with Gasteiger partial charge >= 0.3 is 5.97 Å². The zero-order chi connectivity index (χ0) is 23.4. The first kappa shape index (κ1) is 23.7. The zero-order valence-electron chi connectivity index (χ0n) is 16.5. The highest BCUT2D eigenvalue weighted by Gasteiger charge is 2.39. The number of ether oxygens (including phenoxy) is 2. The Kier molecular flexibility index (Phi) is 7.47. The van der Waals surface area contributed by atoms with Crippen molar-refractivity contribution < 1.29 is 46.4 Å². The van der Waals surface area contributed by atoms with Gasteiger partial charge in [0.2, 0.25) is 5.82 Å². The van der Waals surface area contributed by atoms with Crippen LogP contribution in [0.1, 0.15) is 42.8 Å². The fourth-order valence-corrected chi connectivity index (χ4v) is 3.40. The zero-order valence-corrected chi connectivity index (χ0v) is 16.5. The molecule has 10 heteroatoms. The Balaban J connectivity index is 1.90. The number of aliphatic carboxylic acids is 1. The van der Waals surface area contributed by atoms with Crippen LogP contribution in [0.25, 0.3) is 0 Å². The number of allylic oxidation sites excluding steroid dienone is 2. The molecule has 3 atom stereocenters. The number of aromatic hydroxyl groups is 1. The lowest BCUT2D eigenvalue weighted by Crippen LogP contribution is -2.32. The summed E-state index contributed by atoms with van der Waals surface area (Å²) < 4.78 is 80.1. The second-order valence-corrected chi connectivity index (χ2v) is 7.16. The van der Waals surface area contributed by atoms with E-state index in [1.165, 1.54) is 12.1 Å². The van der Waals surface area contributed by atoms with Gasteiger partial charge in [-0.2, -0.15) is 0 Å². The van der Waals surface area contributed by atoms with Crippen LogP contribution in [-0.4, -0.2) is 22.8 Å². The molecule has 1 aliphatic heterocycles. The third-order valence-electron chi connectivity index (χ3n) is 5.01. The van der Waals surface area contributed by atoms with Crippen molar-refractivity contribution >= 4 is 5.97 Å². The van der Waals surface area contributed by atoms with Crippen LogP contribution in [0.5, 0.6) is 5.75 Å². The smallest absolute Gasteiger partial charge is 0.303 e. The monoisotopic (exact) mass is 458 g/mol. The first-order valence-corrected chi connectivity index (χ1v) is 9.65. The highest BCUT2D eigenvalue weighted by molar-refractivity contribution is 5.66. The first-order chi connectivity index (χ1) is 15.2. The Morgan fingerprint density at radius 1 is 1.00 bits per heavy atom. The van der Waals surface area contributed by atoms with Crippen LogP contribution in [0.3, 0.4) is 0 Å². The molecule has 0 bridgehead atoms. The van der Waals surface area contributed by atoms with E-state index in [2.05, 4.69) is 0 Å². The van der Waals surface area contributed by atoms with E-state index in [1.807, 2.05) is 0 Å². The van der Waals surface area contributed by atoms with Crippen molar-refractivity contribution in [2.75, 3.05) is 6.61 Å². The summed E-state index contributed by atoms with van der Waals surface area (Å²) in [5.74, 6) is -12.3. The molecule has 172 valence electrons. The van der Waals surface area contributed by atoms with Gasteiger partial charge in [0.25, 0.3) is 0 Å². The molecule has 32 heavy (non-hydrogen) atoms. The SMILES string of the molecule is O=C(O)CC/C=C\C[C@@H]1CO[C@H](c2c(F)c(F)c(F)c(F)c2F)O[C@@H]1c1ccccc1O. The lowest BCUT2D eigenvalue weighted by molar-refractivity contribution is -0.246. The molecule has 1 saturated heterocycles. The van der Waals surface area contributed by atoms with E-state index in [0.29, 0.717) is 0 Å². The highest BCUT2D eigenvalue weighted by Crippen LogP contribution is 2.44. The molecule has 1 aliphatic rings. The van der Waals surface area contributed by atoms with E-state index >= 15 is 0 Å². The fraction of sp³-hybridized carbons (Fsp3) is 0.318. The Hall–Kier alpha value is -2.98. The molecule has 0 spiro atoms. The van der Waals surface area contributed by atoms with Gasteiger partial charge in [-0.05, 0) is 18.9 Å². The van der Waals surface area contributed by atoms with Crippen molar-refractivity contribution in [2.24, 2.45) is 5.92 Å². The van der Waals surface area contributed by atoms with Crippen LogP contribution < -0.4 is 0 Å². The summed E-state index contributed by atoms with van der Waals surface area (Å²) in [6.07, 6.45) is 0.878. The van der Waals surface area contributed by atoms with E-state index in [0.717, 1.165) is 0 Å². The van der Waals surface area contributed by atoms with Crippen LogP contribution in [0.4, 0.5) is 22.0 Å². The predicted octanol–water partition coefficient (Wildman–Crippen LogP) is 5.30. The largest absolute Gasteiger partial charge is 0.508 e. The predicted molar refractivity (Wildman–Crippen MR) is 101 cm³/mol. The summed E-state index contributed by atoms with van der Waals surface area (Å²) in [7, 11) is 0. The van der Waals surface area contributed by atoms with Crippen molar-refractivity contribution in [2.45, 2.75) is 31.7 Å². The number of phenolic OH excluding ortho intramolecular Hbond substituents is 1. The number of halogens is 5. The second-order valence-electron chi connectivity index (χ2n) is 7.16.